The SMILES string of the molecule is COc1cc(CNC(=O)C2=Cc3c(n(C)c(=O)n(Cc4ccc(F)c(F)c4)c3=O)C2)ccn1. The molecule has 0 bridgehead atoms. The molecule has 1 aliphatic carbocycles. The molecule has 4 rings (SSSR count). The van der Waals surface area contributed by atoms with Crippen molar-refractivity contribution in [3.8, 4) is 5.88 Å². The molecule has 0 spiro atoms. The summed E-state index contributed by atoms with van der Waals surface area (Å²) in [5.41, 5.74) is 0.816. The zero-order valence-corrected chi connectivity index (χ0v) is 17.9. The fourth-order valence-corrected chi connectivity index (χ4v) is 3.67. The molecule has 33 heavy (non-hydrogen) atoms. The third-order valence-corrected chi connectivity index (χ3v) is 5.46. The van der Waals surface area contributed by atoms with Crippen LogP contribution in [0.5, 0.6) is 5.88 Å². The Morgan fingerprint density at radius 1 is 1.15 bits per heavy atom. The molecule has 0 fully saturated rings. The van der Waals surface area contributed by atoms with Gasteiger partial charge in [-0.1, -0.05) is 6.07 Å². The van der Waals surface area contributed by atoms with Crippen LogP contribution in [0.3, 0.4) is 0 Å². The van der Waals surface area contributed by atoms with Gasteiger partial charge in [-0.2, -0.15) is 0 Å². The Bertz CT molecular complexity index is 1410. The van der Waals surface area contributed by atoms with Crippen molar-refractivity contribution < 1.29 is 18.3 Å². The minimum atomic E-state index is -1.07. The highest BCUT2D eigenvalue weighted by atomic mass is 19.2. The first-order valence-electron chi connectivity index (χ1n) is 10.0. The molecule has 10 heteroatoms. The molecule has 170 valence electrons. The number of nitrogens with zero attached hydrogens (tertiary/aromatic N) is 3. The Labute approximate surface area is 186 Å². The largest absolute Gasteiger partial charge is 0.481 e. The van der Waals surface area contributed by atoms with Gasteiger partial charge in [-0.25, -0.2) is 18.6 Å². The number of amides is 1. The smallest absolute Gasteiger partial charge is 0.331 e. The predicted molar refractivity (Wildman–Crippen MR) is 116 cm³/mol. The van der Waals surface area contributed by atoms with Crippen molar-refractivity contribution in [2.45, 2.75) is 19.5 Å². The highest BCUT2D eigenvalue weighted by molar-refractivity contribution is 6.00. The first-order valence-corrected chi connectivity index (χ1v) is 10.0. The lowest BCUT2D eigenvalue weighted by molar-refractivity contribution is -0.117. The molecule has 1 amide bonds. The number of benzene rings is 1. The van der Waals surface area contributed by atoms with Gasteiger partial charge in [-0.15, -0.1) is 0 Å². The third-order valence-electron chi connectivity index (χ3n) is 5.46. The Morgan fingerprint density at radius 3 is 2.67 bits per heavy atom. The molecule has 0 radical (unpaired) electrons. The van der Waals surface area contributed by atoms with Crippen LogP contribution in [0.15, 0.2) is 51.7 Å². The number of aromatic nitrogens is 3. The number of ether oxygens (including phenoxy) is 1. The molecule has 2 aromatic heterocycles. The topological polar surface area (TPSA) is 95.2 Å². The van der Waals surface area contributed by atoms with Crippen LogP contribution in [-0.4, -0.2) is 27.1 Å². The van der Waals surface area contributed by atoms with E-state index in [0.717, 1.165) is 22.3 Å². The van der Waals surface area contributed by atoms with E-state index in [9.17, 15) is 23.2 Å². The molecule has 1 aliphatic rings. The molecule has 1 aromatic carbocycles. The van der Waals surface area contributed by atoms with Gasteiger partial charge in [0.1, 0.15) is 0 Å². The number of hydrogen-bond acceptors (Lipinski definition) is 5. The van der Waals surface area contributed by atoms with Gasteiger partial charge in [0.25, 0.3) is 5.56 Å². The molecule has 0 unspecified atom stereocenters. The highest BCUT2D eigenvalue weighted by Gasteiger charge is 2.25. The summed E-state index contributed by atoms with van der Waals surface area (Å²) < 4.78 is 34.0. The Kier molecular flexibility index (Phi) is 5.91. The van der Waals surface area contributed by atoms with Gasteiger partial charge in [0, 0.05) is 43.5 Å². The van der Waals surface area contributed by atoms with Crippen LogP contribution >= 0.6 is 0 Å². The minimum absolute atomic E-state index is 0.119. The van der Waals surface area contributed by atoms with Crippen LogP contribution in [-0.2, 0) is 31.4 Å². The number of rotatable bonds is 6. The number of fused-ring (bicyclic) bond motifs is 1. The summed E-state index contributed by atoms with van der Waals surface area (Å²) in [6.07, 6.45) is 3.14. The van der Waals surface area contributed by atoms with Crippen LogP contribution in [0.2, 0.25) is 0 Å². The maximum atomic E-state index is 13.5. The van der Waals surface area contributed by atoms with E-state index in [1.165, 1.54) is 30.9 Å². The number of carbonyl (C=O) groups is 1. The molecule has 8 nitrogen and oxygen atoms in total. The summed E-state index contributed by atoms with van der Waals surface area (Å²) in [4.78, 5) is 42.5. The maximum absolute atomic E-state index is 13.5. The standard InChI is InChI=1S/C23H20F2N4O4/c1-28-19-10-15(21(30)27-11-13-5-6-26-20(8-13)33-2)9-16(19)22(31)29(23(28)32)12-14-3-4-17(24)18(25)7-14/h3-9H,10-12H2,1-2H3,(H,27,30). The van der Waals surface area contributed by atoms with Crippen LogP contribution in [0.1, 0.15) is 22.4 Å². The average Bonchev–Trinajstić information content (AvgIpc) is 3.27. The number of hydrogen-bond donors (Lipinski definition) is 1. The lowest BCUT2D eigenvalue weighted by Crippen LogP contribution is -2.41. The quantitative estimate of drug-likeness (QED) is 0.610. The van der Waals surface area contributed by atoms with E-state index in [0.29, 0.717) is 17.1 Å². The molecule has 3 aromatic rings. The highest BCUT2D eigenvalue weighted by Crippen LogP contribution is 2.21. The summed E-state index contributed by atoms with van der Waals surface area (Å²) >= 11 is 0. The van der Waals surface area contributed by atoms with Crippen molar-refractivity contribution in [3.05, 3.63) is 97.0 Å². The van der Waals surface area contributed by atoms with Crippen molar-refractivity contribution in [3.63, 3.8) is 0 Å². The summed E-state index contributed by atoms with van der Waals surface area (Å²) in [6, 6.07) is 6.62. The predicted octanol–water partition coefficient (Wildman–Crippen LogP) is 1.53. The molecular weight excluding hydrogens is 434 g/mol. The number of pyridine rings is 1. The Balaban J connectivity index is 1.58. The number of nitrogens with one attached hydrogen (secondary N) is 1. The summed E-state index contributed by atoms with van der Waals surface area (Å²) in [5.74, 6) is -2.03. The van der Waals surface area contributed by atoms with Crippen molar-refractivity contribution >= 4 is 12.0 Å². The number of methoxy groups -OCH3 is 1. The molecule has 1 N–H and O–H groups in total. The first kappa shape index (κ1) is 22.1. The van der Waals surface area contributed by atoms with E-state index in [4.69, 9.17) is 4.74 Å². The van der Waals surface area contributed by atoms with Gasteiger partial charge in [-0.3, -0.25) is 18.7 Å². The lowest BCUT2D eigenvalue weighted by Gasteiger charge is -2.12. The zero-order chi connectivity index (χ0) is 23.7. The normalized spacial score (nSPS) is 12.3. The van der Waals surface area contributed by atoms with Crippen molar-refractivity contribution in [1.29, 1.82) is 0 Å². The van der Waals surface area contributed by atoms with Gasteiger partial charge >= 0.3 is 5.69 Å². The van der Waals surface area contributed by atoms with Crippen molar-refractivity contribution in [2.75, 3.05) is 7.11 Å². The summed E-state index contributed by atoms with van der Waals surface area (Å²) in [6.45, 7) is -0.0000752. The second kappa shape index (κ2) is 8.81. The Morgan fingerprint density at radius 2 is 1.94 bits per heavy atom. The molecule has 0 aliphatic heterocycles. The van der Waals surface area contributed by atoms with Gasteiger partial charge < -0.3 is 10.1 Å². The minimum Gasteiger partial charge on any atom is -0.481 e. The van der Waals surface area contributed by atoms with E-state index in [-0.39, 0.29) is 36.5 Å². The van der Waals surface area contributed by atoms with E-state index in [1.807, 2.05) is 0 Å². The average molecular weight is 454 g/mol. The number of halogens is 2. The van der Waals surface area contributed by atoms with Crippen molar-refractivity contribution in [2.24, 2.45) is 7.05 Å². The van der Waals surface area contributed by atoms with Gasteiger partial charge in [0.2, 0.25) is 11.8 Å². The van der Waals surface area contributed by atoms with Gasteiger partial charge in [0.15, 0.2) is 11.6 Å². The molecular formula is C23H20F2N4O4. The Hall–Kier alpha value is -4.08. The molecule has 0 saturated carbocycles. The second-order valence-electron chi connectivity index (χ2n) is 7.58. The fourth-order valence-electron chi connectivity index (χ4n) is 3.67. The lowest BCUT2D eigenvalue weighted by atomic mass is 10.2. The number of carbonyl (C=O) groups excluding carboxylic acids is 1. The van der Waals surface area contributed by atoms with Gasteiger partial charge in [-0.05, 0) is 35.4 Å². The van der Waals surface area contributed by atoms with Crippen LogP contribution in [0, 0.1) is 11.6 Å². The summed E-state index contributed by atoms with van der Waals surface area (Å²) in [5, 5.41) is 2.78. The maximum Gasteiger partial charge on any atom is 0.331 e. The zero-order valence-electron chi connectivity index (χ0n) is 17.9. The van der Waals surface area contributed by atoms with Gasteiger partial charge in [0.05, 0.1) is 19.2 Å². The molecule has 0 atom stereocenters. The second-order valence-corrected chi connectivity index (χ2v) is 7.58. The third kappa shape index (κ3) is 4.32. The monoisotopic (exact) mass is 454 g/mol. The van der Waals surface area contributed by atoms with E-state index in [2.05, 4.69) is 10.3 Å². The van der Waals surface area contributed by atoms with Crippen LogP contribution < -0.4 is 21.3 Å². The van der Waals surface area contributed by atoms with Crippen LogP contribution in [0.25, 0.3) is 6.08 Å². The summed E-state index contributed by atoms with van der Waals surface area (Å²) in [7, 11) is 3.00. The van der Waals surface area contributed by atoms with Crippen molar-refractivity contribution in [1.82, 2.24) is 19.4 Å². The first-order chi connectivity index (χ1) is 15.8. The fraction of sp³-hybridized carbons (Fsp3) is 0.217. The van der Waals surface area contributed by atoms with E-state index >= 15 is 0 Å². The van der Waals surface area contributed by atoms with E-state index in [1.54, 1.807) is 18.3 Å². The molecule has 0 saturated heterocycles. The van der Waals surface area contributed by atoms with Crippen LogP contribution in [0.4, 0.5) is 8.78 Å². The molecule has 2 heterocycles. The van der Waals surface area contributed by atoms with E-state index < -0.39 is 22.9 Å².